The van der Waals surface area contributed by atoms with Gasteiger partial charge in [-0.3, -0.25) is 10.1 Å². The van der Waals surface area contributed by atoms with Gasteiger partial charge in [0.1, 0.15) is 0 Å². The van der Waals surface area contributed by atoms with Crippen LogP contribution in [0.25, 0.3) is 0 Å². The van der Waals surface area contributed by atoms with Crippen molar-refractivity contribution in [2.24, 2.45) is 0 Å². The third-order valence-corrected chi connectivity index (χ3v) is 2.82. The molecule has 0 heterocycles. The van der Waals surface area contributed by atoms with Crippen molar-refractivity contribution in [3.8, 4) is 11.5 Å². The van der Waals surface area contributed by atoms with Gasteiger partial charge < -0.3 is 4.74 Å². The van der Waals surface area contributed by atoms with Gasteiger partial charge in [-0.15, -0.1) is 0 Å². The van der Waals surface area contributed by atoms with Crippen LogP contribution in [0.5, 0.6) is 11.5 Å². The van der Waals surface area contributed by atoms with E-state index in [1.54, 1.807) is 0 Å². The molecule has 0 atom stereocenters. The second-order valence-corrected chi connectivity index (χ2v) is 4.71. The zero-order valence-electron chi connectivity index (χ0n) is 9.87. The minimum absolute atomic E-state index is 0.0825. The summed E-state index contributed by atoms with van der Waals surface area (Å²) < 4.78 is 58.5. The summed E-state index contributed by atoms with van der Waals surface area (Å²) in [5.74, 6) is -7.41. The number of ether oxygens (including phenoxy) is 1. The Morgan fingerprint density at radius 1 is 1.00 bits per heavy atom. The third-order valence-electron chi connectivity index (χ3n) is 2.37. The molecule has 2 rings (SSSR count). The molecule has 9 heteroatoms. The van der Waals surface area contributed by atoms with Crippen LogP contribution in [-0.4, -0.2) is 4.92 Å². The summed E-state index contributed by atoms with van der Waals surface area (Å²) in [5, 5.41) is 10.4. The number of hydrogen-bond donors (Lipinski definition) is 0. The predicted octanol–water partition coefficient (Wildman–Crippen LogP) is 4.71. The molecule has 0 radical (unpaired) electrons. The highest BCUT2D eigenvalue weighted by Gasteiger charge is 2.21. The Labute approximate surface area is 123 Å². The Balaban J connectivity index is 2.48. The molecule has 0 amide bonds. The van der Waals surface area contributed by atoms with Crippen LogP contribution in [0.15, 0.2) is 28.7 Å². The van der Waals surface area contributed by atoms with Crippen molar-refractivity contribution in [3.63, 3.8) is 0 Å². The smallest absolute Gasteiger partial charge is 0.275 e. The Kier molecular flexibility index (Phi) is 4.12. The molecule has 110 valence electrons. The van der Waals surface area contributed by atoms with Gasteiger partial charge in [-0.1, -0.05) is 15.9 Å². The number of nitro groups is 1. The molecule has 2 aromatic rings. The van der Waals surface area contributed by atoms with Gasteiger partial charge in [0.05, 0.1) is 17.1 Å². The van der Waals surface area contributed by atoms with Crippen molar-refractivity contribution < 1.29 is 27.2 Å². The molecule has 21 heavy (non-hydrogen) atoms. The van der Waals surface area contributed by atoms with E-state index in [4.69, 9.17) is 0 Å². The van der Waals surface area contributed by atoms with Crippen LogP contribution in [0.3, 0.4) is 0 Å². The van der Waals surface area contributed by atoms with Crippen LogP contribution >= 0.6 is 15.9 Å². The Hall–Kier alpha value is -2.16. The van der Waals surface area contributed by atoms with E-state index in [2.05, 4.69) is 20.7 Å². The summed E-state index contributed by atoms with van der Waals surface area (Å²) in [5.41, 5.74) is -0.835. The highest BCUT2D eigenvalue weighted by molar-refractivity contribution is 9.10. The molecule has 0 bridgehead atoms. The first-order valence-corrected chi connectivity index (χ1v) is 6.04. The maximum Gasteiger partial charge on any atom is 0.275 e. The van der Waals surface area contributed by atoms with Crippen LogP contribution in [0.4, 0.5) is 23.2 Å². The minimum Gasteiger partial charge on any atom is -0.448 e. The van der Waals surface area contributed by atoms with Crippen molar-refractivity contribution in [2.75, 3.05) is 0 Å². The van der Waals surface area contributed by atoms with E-state index in [1.807, 2.05) is 0 Å². The molecule has 0 spiro atoms. The molecule has 0 saturated heterocycles. The topological polar surface area (TPSA) is 52.4 Å². The van der Waals surface area contributed by atoms with Crippen LogP contribution < -0.4 is 4.74 Å². The van der Waals surface area contributed by atoms with Gasteiger partial charge in [0.2, 0.25) is 5.82 Å². The van der Waals surface area contributed by atoms with Gasteiger partial charge in [-0.2, -0.15) is 4.39 Å². The fraction of sp³-hybridized carbons (Fsp3) is 0. The monoisotopic (exact) mass is 365 g/mol. The van der Waals surface area contributed by atoms with Gasteiger partial charge >= 0.3 is 0 Å². The molecule has 0 aromatic heterocycles. The molecule has 0 unspecified atom stereocenters. The van der Waals surface area contributed by atoms with Crippen molar-refractivity contribution in [2.45, 2.75) is 0 Å². The summed E-state index contributed by atoms with van der Waals surface area (Å²) in [6, 6.07) is 2.57. The lowest BCUT2D eigenvalue weighted by Crippen LogP contribution is -1.99. The quantitative estimate of drug-likeness (QED) is 0.342. The summed E-state index contributed by atoms with van der Waals surface area (Å²) in [7, 11) is 0. The first-order chi connectivity index (χ1) is 9.79. The van der Waals surface area contributed by atoms with E-state index in [9.17, 15) is 27.7 Å². The van der Waals surface area contributed by atoms with Gasteiger partial charge in [-0.05, 0) is 12.1 Å². The molecule has 0 aliphatic rings. The van der Waals surface area contributed by atoms with Crippen molar-refractivity contribution >= 4 is 21.6 Å². The molecule has 0 aliphatic heterocycles. The fourth-order valence-electron chi connectivity index (χ4n) is 1.47. The second kappa shape index (κ2) is 5.68. The Morgan fingerprint density at radius 3 is 2.10 bits per heavy atom. The van der Waals surface area contributed by atoms with E-state index in [0.29, 0.717) is 12.1 Å². The van der Waals surface area contributed by atoms with E-state index in [-0.39, 0.29) is 4.47 Å². The number of rotatable bonds is 3. The predicted molar refractivity (Wildman–Crippen MR) is 67.1 cm³/mol. The Bertz CT molecular complexity index is 716. The molecule has 0 aliphatic carbocycles. The highest BCUT2D eigenvalue weighted by atomic mass is 79.9. The largest absolute Gasteiger partial charge is 0.448 e. The van der Waals surface area contributed by atoms with Gasteiger partial charge in [-0.25, -0.2) is 13.2 Å². The molecule has 0 fully saturated rings. The van der Waals surface area contributed by atoms with E-state index < -0.39 is 45.4 Å². The lowest BCUT2D eigenvalue weighted by Gasteiger charge is -2.09. The maximum atomic E-state index is 13.6. The van der Waals surface area contributed by atoms with Crippen molar-refractivity contribution in [3.05, 3.63) is 62.1 Å². The number of benzene rings is 2. The van der Waals surface area contributed by atoms with Gasteiger partial charge in [0.15, 0.2) is 29.0 Å². The summed E-state index contributed by atoms with van der Waals surface area (Å²) >= 11 is 2.86. The zero-order chi connectivity index (χ0) is 15.7. The number of halogens is 5. The van der Waals surface area contributed by atoms with Crippen LogP contribution in [0.1, 0.15) is 0 Å². The first kappa shape index (κ1) is 15.2. The average molecular weight is 366 g/mol. The number of nitrogens with zero attached hydrogens (tertiary/aromatic N) is 1. The molecule has 4 nitrogen and oxygen atoms in total. The van der Waals surface area contributed by atoms with Crippen LogP contribution in [-0.2, 0) is 0 Å². The van der Waals surface area contributed by atoms with Crippen molar-refractivity contribution in [1.29, 1.82) is 0 Å². The number of hydrogen-bond acceptors (Lipinski definition) is 3. The van der Waals surface area contributed by atoms with E-state index in [0.717, 1.165) is 12.1 Å². The van der Waals surface area contributed by atoms with E-state index in [1.165, 1.54) is 0 Å². The lowest BCUT2D eigenvalue weighted by molar-refractivity contribution is -0.385. The fourth-order valence-corrected chi connectivity index (χ4v) is 1.87. The molecular weight excluding hydrogens is 362 g/mol. The highest BCUT2D eigenvalue weighted by Crippen LogP contribution is 2.34. The SMILES string of the molecule is O=[N+]([O-])c1cc(F)c(Oc2cc(Br)cc(F)c2F)c(F)c1. The normalized spacial score (nSPS) is 10.5. The minimum atomic E-state index is -1.45. The number of nitro benzene ring substituents is 1. The van der Waals surface area contributed by atoms with Gasteiger partial charge in [0, 0.05) is 4.47 Å². The molecule has 0 saturated carbocycles. The standard InChI is InChI=1S/C12H4BrF4NO3/c13-5-1-7(14)11(17)10(2-5)21-12-8(15)3-6(18(19)20)4-9(12)16/h1-4H. The van der Waals surface area contributed by atoms with Crippen LogP contribution in [0.2, 0.25) is 0 Å². The maximum absolute atomic E-state index is 13.6. The summed E-state index contributed by atoms with van der Waals surface area (Å²) in [6.45, 7) is 0. The summed E-state index contributed by atoms with van der Waals surface area (Å²) in [6.07, 6.45) is 0. The van der Waals surface area contributed by atoms with Gasteiger partial charge in [0.25, 0.3) is 5.69 Å². The van der Waals surface area contributed by atoms with Crippen molar-refractivity contribution in [1.82, 2.24) is 0 Å². The third kappa shape index (κ3) is 3.13. The average Bonchev–Trinajstić information content (AvgIpc) is 2.38. The first-order valence-electron chi connectivity index (χ1n) is 5.25. The Morgan fingerprint density at radius 2 is 1.57 bits per heavy atom. The van der Waals surface area contributed by atoms with Crippen LogP contribution in [0, 0.1) is 33.4 Å². The molecular formula is C12H4BrF4NO3. The second-order valence-electron chi connectivity index (χ2n) is 3.80. The zero-order valence-corrected chi connectivity index (χ0v) is 11.5. The summed E-state index contributed by atoms with van der Waals surface area (Å²) in [4.78, 5) is 9.43. The molecule has 0 N–H and O–H groups in total. The van der Waals surface area contributed by atoms with E-state index >= 15 is 0 Å². The number of non-ortho nitro benzene ring substituents is 1. The lowest BCUT2D eigenvalue weighted by atomic mass is 10.2. The molecule has 2 aromatic carbocycles.